The summed E-state index contributed by atoms with van der Waals surface area (Å²) >= 11 is 0. The number of nitrogens with zero attached hydrogens (tertiary/aromatic N) is 2. The van der Waals surface area contributed by atoms with Gasteiger partial charge in [-0.1, -0.05) is 6.07 Å². The number of aryl methyl sites for hydroxylation is 1. The van der Waals surface area contributed by atoms with Gasteiger partial charge in [0.2, 0.25) is 0 Å². The Balaban J connectivity index is 1.38. The molecule has 35 heavy (non-hydrogen) atoms. The number of carbonyl (C=O) groups is 2. The van der Waals surface area contributed by atoms with E-state index < -0.39 is 24.1 Å². The second-order valence-electron chi connectivity index (χ2n) is 9.29. The lowest BCUT2D eigenvalue weighted by atomic mass is 9.84. The first kappa shape index (κ1) is 23.6. The average molecular weight is 483 g/mol. The maximum absolute atomic E-state index is 13.4. The maximum atomic E-state index is 13.4. The zero-order valence-corrected chi connectivity index (χ0v) is 19.8. The smallest absolute Gasteiger partial charge is 0.407 e. The van der Waals surface area contributed by atoms with E-state index >= 15 is 0 Å². The molecule has 0 bridgehead atoms. The Labute approximate surface area is 204 Å². The van der Waals surface area contributed by atoms with Gasteiger partial charge in [-0.3, -0.25) is 9.69 Å². The summed E-state index contributed by atoms with van der Waals surface area (Å²) < 4.78 is 24.3. The lowest BCUT2D eigenvalue weighted by Gasteiger charge is -2.43. The Bertz CT molecular complexity index is 1070. The molecule has 3 aliphatic rings. The molecule has 0 spiro atoms. The first-order valence-electron chi connectivity index (χ1n) is 12.2. The van der Waals surface area contributed by atoms with E-state index in [4.69, 9.17) is 9.47 Å². The van der Waals surface area contributed by atoms with Gasteiger partial charge in [0.25, 0.3) is 5.91 Å². The summed E-state index contributed by atoms with van der Waals surface area (Å²) in [6.07, 6.45) is 0.288. The Hall–Kier alpha value is -3.17. The van der Waals surface area contributed by atoms with Crippen LogP contribution in [-0.2, 0) is 15.9 Å². The minimum Gasteiger partial charge on any atom is -0.444 e. The maximum Gasteiger partial charge on any atom is 0.407 e. The van der Waals surface area contributed by atoms with E-state index in [1.165, 1.54) is 31.3 Å². The van der Waals surface area contributed by atoms with Gasteiger partial charge in [0.1, 0.15) is 11.9 Å². The normalized spacial score (nSPS) is 22.6. The van der Waals surface area contributed by atoms with E-state index in [1.807, 2.05) is 0 Å². The van der Waals surface area contributed by atoms with Crippen molar-refractivity contribution < 1.29 is 23.5 Å². The van der Waals surface area contributed by atoms with E-state index in [9.17, 15) is 14.0 Å². The number of amides is 2. The highest BCUT2D eigenvalue weighted by molar-refractivity contribution is 5.94. The predicted octanol–water partition coefficient (Wildman–Crippen LogP) is 2.49. The molecule has 0 radical (unpaired) electrons. The van der Waals surface area contributed by atoms with Crippen LogP contribution >= 0.6 is 0 Å². The minimum atomic E-state index is -0.535. The second kappa shape index (κ2) is 10.2. The highest BCUT2D eigenvalue weighted by atomic mass is 19.1. The second-order valence-corrected chi connectivity index (χ2v) is 9.29. The van der Waals surface area contributed by atoms with Crippen molar-refractivity contribution in [3.05, 3.63) is 65.0 Å². The standard InChI is InChI=1S/C26H31FN4O4/c1-28-26(33)35-23-9-5-17-4-8-20(30-10-12-31(13-11-30)21-15-34-16-21)14-22(17)24(23)29-25(32)18-2-6-19(27)7-3-18/h2-4,6-8,14,21,23-24H,5,9-13,15-16H2,1H3,(H,28,33)(H,29,32)/t23-,24-/m0/s1. The molecule has 0 aromatic heterocycles. The topological polar surface area (TPSA) is 83.1 Å². The minimum absolute atomic E-state index is 0.338. The molecule has 0 unspecified atom stereocenters. The third-order valence-electron chi connectivity index (χ3n) is 7.21. The van der Waals surface area contributed by atoms with Crippen LogP contribution in [0.4, 0.5) is 14.9 Å². The fourth-order valence-corrected chi connectivity index (χ4v) is 5.06. The number of rotatable bonds is 5. The number of benzene rings is 2. The van der Waals surface area contributed by atoms with E-state index in [-0.39, 0.29) is 5.91 Å². The molecule has 186 valence electrons. The number of ether oxygens (including phenoxy) is 2. The molecule has 2 amide bonds. The van der Waals surface area contributed by atoms with Crippen molar-refractivity contribution in [2.45, 2.75) is 31.0 Å². The molecule has 1 aliphatic carbocycles. The molecule has 2 fully saturated rings. The molecule has 2 N–H and O–H groups in total. The summed E-state index contributed by atoms with van der Waals surface area (Å²) in [5.74, 6) is -0.741. The van der Waals surface area contributed by atoms with Crippen LogP contribution in [0.3, 0.4) is 0 Å². The molecule has 2 heterocycles. The van der Waals surface area contributed by atoms with Crippen molar-refractivity contribution in [3.8, 4) is 0 Å². The molecule has 5 rings (SSSR count). The zero-order chi connectivity index (χ0) is 24.4. The van der Waals surface area contributed by atoms with Gasteiger partial charge in [-0.05, 0) is 60.4 Å². The first-order chi connectivity index (χ1) is 17.0. The monoisotopic (exact) mass is 482 g/mol. The van der Waals surface area contributed by atoms with Crippen molar-refractivity contribution in [1.82, 2.24) is 15.5 Å². The van der Waals surface area contributed by atoms with Crippen LogP contribution < -0.4 is 15.5 Å². The zero-order valence-electron chi connectivity index (χ0n) is 19.8. The quantitative estimate of drug-likeness (QED) is 0.682. The largest absolute Gasteiger partial charge is 0.444 e. The number of carbonyl (C=O) groups excluding carboxylic acids is 2. The van der Waals surface area contributed by atoms with Crippen LogP contribution in [0.1, 0.15) is 33.9 Å². The van der Waals surface area contributed by atoms with Crippen molar-refractivity contribution in [3.63, 3.8) is 0 Å². The summed E-state index contributed by atoms with van der Waals surface area (Å²) in [6, 6.07) is 11.8. The van der Waals surface area contributed by atoms with Gasteiger partial charge in [0, 0.05) is 44.5 Å². The molecule has 2 aromatic rings. The SMILES string of the molecule is CNC(=O)O[C@H]1CCc2ccc(N3CCN(C4COC4)CC3)cc2[C@@H]1NC(=O)c1ccc(F)cc1. The number of halogens is 1. The van der Waals surface area contributed by atoms with Gasteiger partial charge < -0.3 is 25.0 Å². The van der Waals surface area contributed by atoms with Gasteiger partial charge in [-0.15, -0.1) is 0 Å². The Morgan fingerprint density at radius 3 is 2.46 bits per heavy atom. The van der Waals surface area contributed by atoms with Crippen LogP contribution in [0.15, 0.2) is 42.5 Å². The average Bonchev–Trinajstić information content (AvgIpc) is 2.85. The molecular weight excluding hydrogens is 451 g/mol. The summed E-state index contributed by atoms with van der Waals surface area (Å²) in [5, 5.41) is 5.55. The van der Waals surface area contributed by atoms with Crippen molar-refractivity contribution in [2.75, 3.05) is 51.3 Å². The van der Waals surface area contributed by atoms with Crippen molar-refractivity contribution >= 4 is 17.7 Å². The number of anilines is 1. The molecule has 2 saturated heterocycles. The highest BCUT2D eigenvalue weighted by Crippen LogP contribution is 2.35. The third-order valence-corrected chi connectivity index (χ3v) is 7.21. The van der Waals surface area contributed by atoms with E-state index in [0.717, 1.165) is 62.6 Å². The molecule has 2 aromatic carbocycles. The van der Waals surface area contributed by atoms with E-state index in [0.29, 0.717) is 18.0 Å². The van der Waals surface area contributed by atoms with Crippen LogP contribution in [0.2, 0.25) is 0 Å². The fourth-order valence-electron chi connectivity index (χ4n) is 5.06. The molecule has 2 aliphatic heterocycles. The van der Waals surface area contributed by atoms with Gasteiger partial charge >= 0.3 is 6.09 Å². The highest BCUT2D eigenvalue weighted by Gasteiger charge is 2.35. The van der Waals surface area contributed by atoms with E-state index in [1.54, 1.807) is 0 Å². The third kappa shape index (κ3) is 5.11. The number of hydrogen-bond donors (Lipinski definition) is 2. The van der Waals surface area contributed by atoms with Crippen LogP contribution in [-0.4, -0.2) is 75.5 Å². The summed E-state index contributed by atoms with van der Waals surface area (Å²) in [7, 11) is 1.51. The summed E-state index contributed by atoms with van der Waals surface area (Å²) in [6.45, 7) is 5.44. The first-order valence-corrected chi connectivity index (χ1v) is 12.2. The van der Waals surface area contributed by atoms with Gasteiger partial charge in [0.05, 0.1) is 25.3 Å². The molecule has 9 heteroatoms. The lowest BCUT2D eigenvalue weighted by molar-refractivity contribution is -0.0660. The number of piperazine rings is 1. The molecular formula is C26H31FN4O4. The van der Waals surface area contributed by atoms with Crippen molar-refractivity contribution in [2.24, 2.45) is 0 Å². The van der Waals surface area contributed by atoms with Crippen molar-refractivity contribution in [1.29, 1.82) is 0 Å². The van der Waals surface area contributed by atoms with Gasteiger partial charge in [-0.25, -0.2) is 9.18 Å². The fraction of sp³-hybridized carbons (Fsp3) is 0.462. The molecule has 0 saturated carbocycles. The molecule has 8 nitrogen and oxygen atoms in total. The van der Waals surface area contributed by atoms with Crippen LogP contribution in [0, 0.1) is 5.82 Å². The predicted molar refractivity (Wildman–Crippen MR) is 129 cm³/mol. The van der Waals surface area contributed by atoms with Crippen LogP contribution in [0.25, 0.3) is 0 Å². The van der Waals surface area contributed by atoms with Crippen LogP contribution in [0.5, 0.6) is 0 Å². The Morgan fingerprint density at radius 1 is 1.06 bits per heavy atom. The van der Waals surface area contributed by atoms with E-state index in [2.05, 4.69) is 38.6 Å². The summed E-state index contributed by atoms with van der Waals surface area (Å²) in [5.41, 5.74) is 3.52. The molecule has 2 atom stereocenters. The summed E-state index contributed by atoms with van der Waals surface area (Å²) in [4.78, 5) is 29.9. The number of alkyl carbamates (subject to hydrolysis) is 1. The van der Waals surface area contributed by atoms with Gasteiger partial charge in [-0.2, -0.15) is 0 Å². The number of hydrogen-bond acceptors (Lipinski definition) is 6. The Kier molecular flexibility index (Phi) is 6.88. The number of nitrogens with one attached hydrogen (secondary N) is 2. The number of fused-ring (bicyclic) bond motifs is 1. The Morgan fingerprint density at radius 2 is 1.80 bits per heavy atom. The van der Waals surface area contributed by atoms with Gasteiger partial charge in [0.15, 0.2) is 0 Å². The lowest BCUT2D eigenvalue weighted by Crippen LogP contribution is -2.56.